The number of amides is 1. The molecule has 15 heteroatoms. The van der Waals surface area contributed by atoms with Gasteiger partial charge in [-0.2, -0.15) is 18.3 Å². The quantitative estimate of drug-likeness (QED) is 0.283. The first-order valence-electron chi connectivity index (χ1n) is 13.1. The lowest BCUT2D eigenvalue weighted by atomic mass is 9.97. The van der Waals surface area contributed by atoms with Gasteiger partial charge in [-0.15, -0.1) is 0 Å². The highest BCUT2D eigenvalue weighted by Crippen LogP contribution is 2.37. The van der Waals surface area contributed by atoms with Gasteiger partial charge in [0.05, 0.1) is 25.7 Å². The fraction of sp³-hybridized carbons (Fsp3) is 0.296. The van der Waals surface area contributed by atoms with E-state index in [4.69, 9.17) is 19.1 Å². The molecular weight excluding hydrogens is 587 g/mol. The number of halogens is 6. The van der Waals surface area contributed by atoms with Crippen molar-refractivity contribution in [2.45, 2.75) is 52.9 Å². The van der Waals surface area contributed by atoms with Crippen LogP contribution >= 0.6 is 11.6 Å². The molecule has 0 bridgehead atoms. The Labute approximate surface area is 243 Å². The molecule has 0 fully saturated rings. The highest BCUT2D eigenvalue weighted by molar-refractivity contribution is 6.31. The van der Waals surface area contributed by atoms with Crippen LogP contribution in [0, 0.1) is 25.5 Å². The summed E-state index contributed by atoms with van der Waals surface area (Å²) in [6, 6.07) is 2.89. The molecule has 0 saturated carbocycles. The van der Waals surface area contributed by atoms with Gasteiger partial charge >= 0.3 is 6.18 Å². The van der Waals surface area contributed by atoms with E-state index in [1.807, 2.05) is 0 Å². The van der Waals surface area contributed by atoms with Crippen LogP contribution in [0.4, 0.5) is 22.0 Å². The normalized spacial score (nSPS) is 13.0. The van der Waals surface area contributed by atoms with Gasteiger partial charge in [-0.1, -0.05) is 11.6 Å². The number of ether oxygens (including phenoxy) is 1. The molecule has 0 spiro atoms. The highest BCUT2D eigenvalue weighted by atomic mass is 35.5. The van der Waals surface area contributed by atoms with Gasteiger partial charge in [-0.05, 0) is 33.3 Å². The van der Waals surface area contributed by atoms with Crippen molar-refractivity contribution >= 4 is 17.5 Å². The summed E-state index contributed by atoms with van der Waals surface area (Å²) in [6.07, 6.45) is -2.23. The minimum absolute atomic E-state index is 0.113. The van der Waals surface area contributed by atoms with E-state index in [0.29, 0.717) is 24.0 Å². The van der Waals surface area contributed by atoms with E-state index >= 15 is 0 Å². The fourth-order valence-corrected chi connectivity index (χ4v) is 4.35. The number of carbonyl (C=O) groups excluding carboxylic acids is 1. The van der Waals surface area contributed by atoms with Crippen molar-refractivity contribution in [3.05, 3.63) is 92.0 Å². The molecule has 0 aliphatic heterocycles. The second-order valence-electron chi connectivity index (χ2n) is 9.76. The molecule has 0 aliphatic rings. The number of nitrogens with one attached hydrogen (secondary N) is 1. The zero-order valence-corrected chi connectivity index (χ0v) is 23.4. The number of nitrogens with zero attached hydrogens (tertiary/aromatic N) is 5. The third kappa shape index (κ3) is 6.12. The Kier molecular flexibility index (Phi) is 7.39. The van der Waals surface area contributed by atoms with Crippen LogP contribution in [0.25, 0.3) is 11.5 Å². The molecule has 1 N–H and O–H groups in total. The van der Waals surface area contributed by atoms with E-state index in [0.717, 1.165) is 16.2 Å². The Hall–Kier alpha value is -4.33. The van der Waals surface area contributed by atoms with Gasteiger partial charge in [0.2, 0.25) is 5.91 Å². The number of alkyl halides is 3. The summed E-state index contributed by atoms with van der Waals surface area (Å²) < 4.78 is 92.8. The Bertz CT molecular complexity index is 1840. The maximum atomic E-state index is 14.2. The van der Waals surface area contributed by atoms with Gasteiger partial charge in [0.15, 0.2) is 11.6 Å². The molecule has 0 unspecified atom stereocenters. The zero-order valence-electron chi connectivity index (χ0n) is 24.7. The second kappa shape index (κ2) is 11.2. The van der Waals surface area contributed by atoms with Crippen LogP contribution in [-0.2, 0) is 23.1 Å². The lowest BCUT2D eigenvalue weighted by Gasteiger charge is -2.25. The minimum Gasteiger partial charge on any atom is -0.485 e. The monoisotopic (exact) mass is 612 g/mol. The van der Waals surface area contributed by atoms with E-state index in [1.54, 1.807) is 6.92 Å². The van der Waals surface area contributed by atoms with Crippen LogP contribution in [0.5, 0.6) is 5.75 Å². The number of aryl methyl sites for hydroxylation is 2. The number of pyridine rings is 3. The predicted molar refractivity (Wildman–Crippen MR) is 142 cm³/mol. The second-order valence-corrected chi connectivity index (χ2v) is 10.1. The van der Waals surface area contributed by atoms with Crippen LogP contribution in [-0.4, -0.2) is 30.2 Å². The van der Waals surface area contributed by atoms with Crippen LogP contribution in [0.1, 0.15) is 51.7 Å². The SMILES string of the molecule is [2H]C([2H])(Oc1cc(C)n(-c2cc(-n3cc(C(F)(F)F)c(C(C)(C)NC(C)=O)n3)ncc2C)c(=O)c1Cl)c1ncc(F)cc1F. The first-order chi connectivity index (χ1) is 20.2. The standard InChI is InChI=1S/C27H24ClF5N6O3/c1-13-9-35-22(38-11-17(27(31,32)33)24(37-38)26(4,5)36-15(3)40)8-20(13)39-14(2)6-21(23(28)25(39)41)42-12-19-18(30)7-16(29)10-34-19/h6-11H,12H2,1-5H3,(H,36,40)/i12D2. The van der Waals surface area contributed by atoms with Crippen molar-refractivity contribution in [1.29, 1.82) is 0 Å². The van der Waals surface area contributed by atoms with Crippen LogP contribution in [0.15, 0.2) is 41.6 Å². The van der Waals surface area contributed by atoms with Crippen molar-refractivity contribution in [2.75, 3.05) is 0 Å². The summed E-state index contributed by atoms with van der Waals surface area (Å²) >= 11 is 6.26. The van der Waals surface area contributed by atoms with Crippen LogP contribution < -0.4 is 15.6 Å². The molecular formula is C27H24ClF5N6O3. The predicted octanol–water partition coefficient (Wildman–Crippen LogP) is 5.33. The first kappa shape index (κ1) is 27.8. The summed E-state index contributed by atoms with van der Waals surface area (Å²) in [6.45, 7) is 3.94. The van der Waals surface area contributed by atoms with E-state index in [2.05, 4.69) is 20.4 Å². The molecule has 0 radical (unpaired) electrons. The lowest BCUT2D eigenvalue weighted by Crippen LogP contribution is -2.41. The number of hydrogen-bond donors (Lipinski definition) is 1. The molecule has 222 valence electrons. The molecule has 0 aliphatic carbocycles. The maximum Gasteiger partial charge on any atom is 0.419 e. The third-order valence-electron chi connectivity index (χ3n) is 6.00. The van der Waals surface area contributed by atoms with Gasteiger partial charge < -0.3 is 10.1 Å². The summed E-state index contributed by atoms with van der Waals surface area (Å²) in [5.41, 5.74) is -4.20. The third-order valence-corrected chi connectivity index (χ3v) is 6.35. The molecule has 42 heavy (non-hydrogen) atoms. The molecule has 4 heterocycles. The van der Waals surface area contributed by atoms with Gasteiger partial charge in [0.1, 0.15) is 34.5 Å². The summed E-state index contributed by atoms with van der Waals surface area (Å²) in [5, 5.41) is 5.91. The molecule has 9 nitrogen and oxygen atoms in total. The first-order valence-corrected chi connectivity index (χ1v) is 12.5. The number of aromatic nitrogens is 5. The van der Waals surface area contributed by atoms with Gasteiger partial charge in [0.25, 0.3) is 5.56 Å². The number of rotatable bonds is 7. The molecule has 1 amide bonds. The van der Waals surface area contributed by atoms with Gasteiger partial charge in [0, 0.05) is 43.2 Å². The largest absolute Gasteiger partial charge is 0.485 e. The Morgan fingerprint density at radius 3 is 2.45 bits per heavy atom. The Morgan fingerprint density at radius 1 is 1.14 bits per heavy atom. The van der Waals surface area contributed by atoms with Crippen molar-refractivity contribution in [1.82, 2.24) is 29.6 Å². The molecule has 4 rings (SSSR count). The van der Waals surface area contributed by atoms with Crippen LogP contribution in [0.3, 0.4) is 0 Å². The van der Waals surface area contributed by atoms with Gasteiger partial charge in [-0.3, -0.25) is 19.1 Å². The van der Waals surface area contributed by atoms with E-state index in [1.165, 1.54) is 39.1 Å². The van der Waals surface area contributed by atoms with E-state index in [-0.39, 0.29) is 17.2 Å². The van der Waals surface area contributed by atoms with Crippen molar-refractivity contribution in [3.63, 3.8) is 0 Å². The topological polar surface area (TPSA) is 104 Å². The highest BCUT2D eigenvalue weighted by Gasteiger charge is 2.41. The number of carbonyl (C=O) groups is 1. The summed E-state index contributed by atoms with van der Waals surface area (Å²) in [4.78, 5) is 32.7. The Morgan fingerprint density at radius 2 is 1.83 bits per heavy atom. The molecule has 0 atom stereocenters. The van der Waals surface area contributed by atoms with Crippen molar-refractivity contribution in [3.8, 4) is 17.3 Å². The van der Waals surface area contributed by atoms with Crippen molar-refractivity contribution in [2.24, 2.45) is 0 Å². The molecule has 4 aromatic rings. The minimum atomic E-state index is -4.83. The molecule has 0 saturated heterocycles. The van der Waals surface area contributed by atoms with E-state index < -0.39 is 69.1 Å². The average Bonchev–Trinajstić information content (AvgIpc) is 3.35. The summed E-state index contributed by atoms with van der Waals surface area (Å²) in [7, 11) is 0. The molecule has 4 aromatic heterocycles. The lowest BCUT2D eigenvalue weighted by molar-refractivity contribution is -0.139. The zero-order chi connectivity index (χ0) is 32.9. The fourth-order valence-electron chi connectivity index (χ4n) is 4.18. The van der Waals surface area contributed by atoms with Crippen molar-refractivity contribution < 1.29 is 34.2 Å². The van der Waals surface area contributed by atoms with E-state index in [9.17, 15) is 31.5 Å². The average molecular weight is 613 g/mol. The molecule has 0 aromatic carbocycles. The van der Waals surface area contributed by atoms with Crippen LogP contribution in [0.2, 0.25) is 5.02 Å². The Balaban J connectivity index is 1.81. The summed E-state index contributed by atoms with van der Waals surface area (Å²) in [5.74, 6) is -3.52. The number of hydrogen-bond acceptors (Lipinski definition) is 6. The van der Waals surface area contributed by atoms with Gasteiger partial charge in [-0.25, -0.2) is 18.4 Å². The smallest absolute Gasteiger partial charge is 0.419 e. The maximum absolute atomic E-state index is 14.2.